The van der Waals surface area contributed by atoms with Crippen LogP contribution >= 0.6 is 35.6 Å². The van der Waals surface area contributed by atoms with Crippen molar-refractivity contribution in [1.29, 1.82) is 0 Å². The van der Waals surface area contributed by atoms with Crippen molar-refractivity contribution in [1.82, 2.24) is 5.32 Å². The van der Waals surface area contributed by atoms with Crippen LogP contribution in [0.4, 0.5) is 0 Å². The molecule has 0 fully saturated rings. The first-order chi connectivity index (χ1) is 6.27. The number of ether oxygens (including phenoxy) is 1. The van der Waals surface area contributed by atoms with Crippen molar-refractivity contribution in [2.45, 2.75) is 6.54 Å². The van der Waals surface area contributed by atoms with E-state index >= 15 is 0 Å². The molecule has 0 atom stereocenters. The van der Waals surface area contributed by atoms with Gasteiger partial charge in [-0.05, 0) is 6.07 Å². The minimum atomic E-state index is 0. The maximum absolute atomic E-state index is 5.88. The van der Waals surface area contributed by atoms with E-state index in [9.17, 15) is 0 Å². The highest BCUT2D eigenvalue weighted by Gasteiger charge is 2.10. The molecule has 0 aliphatic carbocycles. The van der Waals surface area contributed by atoms with Crippen molar-refractivity contribution in [3.05, 3.63) is 27.7 Å². The third-order valence-corrected chi connectivity index (χ3v) is 2.68. The van der Waals surface area contributed by atoms with Gasteiger partial charge in [-0.3, -0.25) is 0 Å². The molecule has 0 aromatic heterocycles. The summed E-state index contributed by atoms with van der Waals surface area (Å²) in [5, 5.41) is 4.34. The maximum Gasteiger partial charge on any atom is 0.125 e. The molecule has 1 aliphatic rings. The molecule has 0 unspecified atom stereocenters. The Bertz CT molecular complexity index is 299. The van der Waals surface area contributed by atoms with E-state index in [0.29, 0.717) is 16.7 Å². The van der Waals surface area contributed by atoms with E-state index in [-0.39, 0.29) is 12.4 Å². The molecule has 5 heteroatoms. The molecule has 78 valence electrons. The van der Waals surface area contributed by atoms with Gasteiger partial charge in [-0.2, -0.15) is 0 Å². The maximum atomic E-state index is 5.88. The third-order valence-electron chi connectivity index (χ3n) is 1.96. The fraction of sp³-hybridized carbons (Fsp3) is 0.333. The van der Waals surface area contributed by atoms with Crippen LogP contribution in [-0.4, -0.2) is 13.2 Å². The lowest BCUT2D eigenvalue weighted by Gasteiger charge is -2.07. The second kappa shape index (κ2) is 5.08. The zero-order valence-corrected chi connectivity index (χ0v) is 9.68. The Hall–Kier alpha value is -0.150. The van der Waals surface area contributed by atoms with Gasteiger partial charge in [0.1, 0.15) is 12.4 Å². The molecule has 14 heavy (non-hydrogen) atoms. The molecule has 0 saturated carbocycles. The van der Waals surface area contributed by atoms with Crippen molar-refractivity contribution in [3.8, 4) is 5.75 Å². The van der Waals surface area contributed by atoms with Crippen molar-refractivity contribution in [2.75, 3.05) is 13.2 Å². The number of benzene rings is 1. The number of fused-ring (bicyclic) bond motifs is 1. The van der Waals surface area contributed by atoms with E-state index in [1.54, 1.807) is 6.07 Å². The van der Waals surface area contributed by atoms with E-state index in [4.69, 9.17) is 27.9 Å². The quantitative estimate of drug-likeness (QED) is 0.769. The fourth-order valence-corrected chi connectivity index (χ4v) is 1.64. The van der Waals surface area contributed by atoms with Crippen LogP contribution in [0.1, 0.15) is 5.56 Å². The average Bonchev–Trinajstić information content (AvgIpc) is 2.31. The highest BCUT2D eigenvalue weighted by atomic mass is 35.5. The monoisotopic (exact) mass is 253 g/mol. The van der Waals surface area contributed by atoms with Crippen LogP contribution in [0.15, 0.2) is 12.1 Å². The molecule has 1 aromatic rings. The summed E-state index contributed by atoms with van der Waals surface area (Å²) in [6.45, 7) is 2.31. The molecule has 1 aliphatic heterocycles. The summed E-state index contributed by atoms with van der Waals surface area (Å²) in [4.78, 5) is 0. The second-order valence-electron chi connectivity index (χ2n) is 2.90. The summed E-state index contributed by atoms with van der Waals surface area (Å²) in [5.74, 6) is 0.833. The van der Waals surface area contributed by atoms with Gasteiger partial charge in [0.25, 0.3) is 0 Å². The minimum absolute atomic E-state index is 0. The first-order valence-electron chi connectivity index (χ1n) is 4.09. The highest BCUT2D eigenvalue weighted by Crippen LogP contribution is 2.31. The predicted octanol–water partition coefficient (Wildman–Crippen LogP) is 2.90. The van der Waals surface area contributed by atoms with Gasteiger partial charge in [0, 0.05) is 24.7 Å². The predicted molar refractivity (Wildman–Crippen MR) is 60.9 cm³/mol. The standard InChI is InChI=1S/C9H9Cl2NO.ClH/c10-7-3-6-5-12-1-2-13-9(6)4-8(7)11;/h3-4,12H,1-2,5H2;1H. The summed E-state index contributed by atoms with van der Waals surface area (Å²) < 4.78 is 5.48. The van der Waals surface area contributed by atoms with Crippen molar-refractivity contribution < 1.29 is 4.74 Å². The summed E-state index contributed by atoms with van der Waals surface area (Å²) in [5.41, 5.74) is 1.06. The number of rotatable bonds is 0. The molecular formula is C9H10Cl3NO. The third kappa shape index (κ3) is 2.45. The van der Waals surface area contributed by atoms with Crippen molar-refractivity contribution >= 4 is 35.6 Å². The van der Waals surface area contributed by atoms with Crippen LogP contribution in [0.2, 0.25) is 10.0 Å². The number of hydrogen-bond acceptors (Lipinski definition) is 2. The molecular weight excluding hydrogens is 244 g/mol. The molecule has 2 nitrogen and oxygen atoms in total. The van der Waals surface area contributed by atoms with Crippen LogP contribution in [0.5, 0.6) is 5.75 Å². The van der Waals surface area contributed by atoms with Crippen LogP contribution in [-0.2, 0) is 6.54 Å². The lowest BCUT2D eigenvalue weighted by molar-refractivity contribution is 0.326. The Morgan fingerprint density at radius 2 is 1.93 bits per heavy atom. The van der Waals surface area contributed by atoms with Crippen LogP contribution in [0, 0.1) is 0 Å². The van der Waals surface area contributed by atoms with Gasteiger partial charge in [-0.1, -0.05) is 23.2 Å². The summed E-state index contributed by atoms with van der Waals surface area (Å²) >= 11 is 11.8. The van der Waals surface area contributed by atoms with Gasteiger partial charge in [-0.15, -0.1) is 12.4 Å². The van der Waals surface area contributed by atoms with E-state index in [2.05, 4.69) is 5.32 Å². The highest BCUT2D eigenvalue weighted by molar-refractivity contribution is 6.42. The van der Waals surface area contributed by atoms with Crippen LogP contribution < -0.4 is 10.1 Å². The Kier molecular flexibility index (Phi) is 4.32. The van der Waals surface area contributed by atoms with E-state index in [0.717, 1.165) is 24.4 Å². The van der Waals surface area contributed by atoms with Crippen molar-refractivity contribution in [3.63, 3.8) is 0 Å². The second-order valence-corrected chi connectivity index (χ2v) is 3.71. The average molecular weight is 255 g/mol. The zero-order chi connectivity index (χ0) is 9.26. The minimum Gasteiger partial charge on any atom is -0.492 e. The van der Waals surface area contributed by atoms with Gasteiger partial charge in [-0.25, -0.2) is 0 Å². The van der Waals surface area contributed by atoms with Gasteiger partial charge in [0.2, 0.25) is 0 Å². The first-order valence-corrected chi connectivity index (χ1v) is 4.84. The fourth-order valence-electron chi connectivity index (χ4n) is 1.30. The van der Waals surface area contributed by atoms with Gasteiger partial charge in [0.05, 0.1) is 10.0 Å². The van der Waals surface area contributed by atoms with E-state index < -0.39 is 0 Å². The molecule has 0 amide bonds. The lowest BCUT2D eigenvalue weighted by atomic mass is 10.2. The van der Waals surface area contributed by atoms with Crippen LogP contribution in [0.3, 0.4) is 0 Å². The van der Waals surface area contributed by atoms with Gasteiger partial charge >= 0.3 is 0 Å². The molecule has 0 radical (unpaired) electrons. The van der Waals surface area contributed by atoms with Gasteiger partial charge in [0.15, 0.2) is 0 Å². The SMILES string of the molecule is Cl.Clc1cc2c(cc1Cl)OCCNC2. The number of halogens is 3. The summed E-state index contributed by atoms with van der Waals surface area (Å²) in [6, 6.07) is 3.61. The molecule has 0 spiro atoms. The Balaban J connectivity index is 0.000000980. The first kappa shape index (κ1) is 11.9. The molecule has 1 aromatic carbocycles. The van der Waals surface area contributed by atoms with Crippen LogP contribution in [0.25, 0.3) is 0 Å². The molecule has 0 saturated heterocycles. The smallest absolute Gasteiger partial charge is 0.125 e. The molecule has 1 heterocycles. The Labute approximate surface area is 98.9 Å². The topological polar surface area (TPSA) is 21.3 Å². The van der Waals surface area contributed by atoms with Crippen molar-refractivity contribution in [2.24, 2.45) is 0 Å². The molecule has 2 rings (SSSR count). The van der Waals surface area contributed by atoms with E-state index in [1.807, 2.05) is 6.07 Å². The molecule has 1 N–H and O–H groups in total. The van der Waals surface area contributed by atoms with Gasteiger partial charge < -0.3 is 10.1 Å². The normalized spacial score (nSPS) is 14.7. The number of hydrogen-bond donors (Lipinski definition) is 1. The molecule has 0 bridgehead atoms. The van der Waals surface area contributed by atoms with E-state index in [1.165, 1.54) is 0 Å². The number of nitrogens with one attached hydrogen (secondary N) is 1. The lowest BCUT2D eigenvalue weighted by Crippen LogP contribution is -2.16. The summed E-state index contributed by atoms with van der Waals surface area (Å²) in [7, 11) is 0. The zero-order valence-electron chi connectivity index (χ0n) is 7.35. The Morgan fingerprint density at radius 3 is 2.71 bits per heavy atom. The Morgan fingerprint density at radius 1 is 1.21 bits per heavy atom. The summed E-state index contributed by atoms with van der Waals surface area (Å²) in [6.07, 6.45) is 0. The largest absolute Gasteiger partial charge is 0.492 e.